The van der Waals surface area contributed by atoms with Crippen molar-refractivity contribution < 1.29 is 13.9 Å². The van der Waals surface area contributed by atoms with Gasteiger partial charge >= 0.3 is 6.08 Å². The van der Waals surface area contributed by atoms with Gasteiger partial charge in [0, 0.05) is 11.5 Å². The zero-order chi connectivity index (χ0) is 21.4. The van der Waals surface area contributed by atoms with Crippen LogP contribution in [0.2, 0.25) is 0 Å². The van der Waals surface area contributed by atoms with Gasteiger partial charge in [-0.2, -0.15) is 4.98 Å². The van der Waals surface area contributed by atoms with Gasteiger partial charge in [0.1, 0.15) is 11.6 Å². The van der Waals surface area contributed by atoms with E-state index in [-0.39, 0.29) is 23.5 Å². The molecule has 1 aromatic heterocycles. The zero-order valence-electron chi connectivity index (χ0n) is 18.6. The van der Waals surface area contributed by atoms with Crippen LogP contribution in [0.4, 0.5) is 0 Å². The quantitative estimate of drug-likeness (QED) is 0.732. The lowest BCUT2D eigenvalue weighted by atomic mass is 9.46. The normalized spacial score (nSPS) is 43.8. The number of amides is 1. The summed E-state index contributed by atoms with van der Waals surface area (Å²) >= 11 is 0. The van der Waals surface area contributed by atoms with E-state index in [0.29, 0.717) is 35.2 Å². The second-order valence-corrected chi connectivity index (χ2v) is 11.1. The van der Waals surface area contributed by atoms with Crippen molar-refractivity contribution >= 4 is 17.0 Å². The molecule has 164 valence electrons. The summed E-state index contributed by atoms with van der Waals surface area (Å²) in [5, 5.41) is 3.27. The number of para-hydroxylation sites is 2. The molecule has 6 rings (SSSR count). The van der Waals surface area contributed by atoms with Crippen LogP contribution >= 0.6 is 0 Å². The molecule has 1 amide bonds. The Kier molecular flexibility index (Phi) is 4.13. The van der Waals surface area contributed by atoms with Crippen LogP contribution in [0.5, 0.6) is 6.08 Å². The number of carbonyl (C=O) groups is 1. The summed E-state index contributed by atoms with van der Waals surface area (Å²) in [4.78, 5) is 16.6. The monoisotopic (exact) mass is 420 g/mol. The molecule has 31 heavy (non-hydrogen) atoms. The van der Waals surface area contributed by atoms with Crippen LogP contribution in [0.15, 0.2) is 40.8 Å². The fourth-order valence-electron chi connectivity index (χ4n) is 7.81. The summed E-state index contributed by atoms with van der Waals surface area (Å²) in [5.41, 5.74) is 2.00. The van der Waals surface area contributed by atoms with E-state index < -0.39 is 0 Å². The Balaban J connectivity index is 1.27. The lowest BCUT2D eigenvalue weighted by Gasteiger charge is -2.60. The van der Waals surface area contributed by atoms with Gasteiger partial charge in [-0.15, -0.1) is 0 Å². The van der Waals surface area contributed by atoms with Crippen molar-refractivity contribution in [2.24, 2.45) is 34.5 Å². The Labute approximate surface area is 183 Å². The summed E-state index contributed by atoms with van der Waals surface area (Å²) in [5.74, 6) is 2.58. The number of nitrogens with zero attached hydrogens (tertiary/aromatic N) is 1. The summed E-state index contributed by atoms with van der Waals surface area (Å²) in [7, 11) is 0. The van der Waals surface area contributed by atoms with E-state index in [2.05, 4.69) is 37.1 Å². The highest BCUT2D eigenvalue weighted by Gasteiger charge is 2.61. The van der Waals surface area contributed by atoms with Gasteiger partial charge in [0.2, 0.25) is 5.91 Å². The number of fused-ring (bicyclic) bond motifs is 6. The van der Waals surface area contributed by atoms with Crippen LogP contribution < -0.4 is 10.1 Å². The van der Waals surface area contributed by atoms with E-state index in [4.69, 9.17) is 9.15 Å². The molecule has 5 nitrogen and oxygen atoms in total. The van der Waals surface area contributed by atoms with E-state index >= 15 is 0 Å². The van der Waals surface area contributed by atoms with Crippen molar-refractivity contribution in [2.75, 3.05) is 0 Å². The molecule has 3 fully saturated rings. The summed E-state index contributed by atoms with van der Waals surface area (Å²) < 4.78 is 12.2. The van der Waals surface area contributed by atoms with Crippen molar-refractivity contribution in [1.82, 2.24) is 10.3 Å². The summed E-state index contributed by atoms with van der Waals surface area (Å²) in [6, 6.07) is 8.10. The van der Waals surface area contributed by atoms with Gasteiger partial charge in [-0.1, -0.05) is 39.0 Å². The van der Waals surface area contributed by atoms with E-state index in [9.17, 15) is 4.79 Å². The molecule has 2 aromatic rings. The number of benzene rings is 1. The van der Waals surface area contributed by atoms with Crippen molar-refractivity contribution in [2.45, 2.75) is 65.0 Å². The number of ether oxygens (including phenoxy) is 1. The second kappa shape index (κ2) is 6.60. The molecule has 3 unspecified atom stereocenters. The first-order valence-corrected chi connectivity index (χ1v) is 11.9. The maximum absolute atomic E-state index is 12.0. The number of hydrogen-bond donors (Lipinski definition) is 1. The molecule has 5 heteroatoms. The van der Waals surface area contributed by atoms with Crippen LogP contribution in [0, 0.1) is 34.5 Å². The highest BCUT2D eigenvalue weighted by Crippen LogP contribution is 2.64. The first kappa shape index (κ1) is 19.4. The number of rotatable bonds is 2. The molecule has 3 saturated carbocycles. The fourth-order valence-corrected chi connectivity index (χ4v) is 7.81. The number of hydrogen-bond acceptors (Lipinski definition) is 4. The van der Waals surface area contributed by atoms with Gasteiger partial charge in [-0.05, 0) is 79.4 Å². The van der Waals surface area contributed by atoms with Crippen molar-refractivity contribution in [3.8, 4) is 6.08 Å². The molecule has 8 atom stereocenters. The standard InChI is InChI=1S/C26H32N2O3/c1-15-12-21-26(3,11-9-22(29)28-21)17-8-10-25(2)14-16(13-18(25)23(15)17)30-24-27-19-6-4-5-7-20(19)31-24/h4-7,9,11,15-18,21,23H,8,10,12-14H2,1-3H3,(H,28,29)/t15?,16?,17-,18+,21?,23-,25-,26-/m1/s1. The molecule has 2 heterocycles. The molecule has 0 saturated heterocycles. The van der Waals surface area contributed by atoms with Crippen molar-refractivity contribution in [3.05, 3.63) is 36.4 Å². The number of nitrogens with one attached hydrogen (secondary N) is 1. The lowest BCUT2D eigenvalue weighted by molar-refractivity contribution is -0.124. The second-order valence-electron chi connectivity index (χ2n) is 11.1. The Morgan fingerprint density at radius 2 is 2.03 bits per heavy atom. The van der Waals surface area contributed by atoms with Crippen LogP contribution in [0.1, 0.15) is 52.9 Å². The zero-order valence-corrected chi connectivity index (χ0v) is 18.6. The maximum Gasteiger partial charge on any atom is 0.394 e. The van der Waals surface area contributed by atoms with Gasteiger partial charge in [-0.25, -0.2) is 0 Å². The highest BCUT2D eigenvalue weighted by molar-refractivity contribution is 5.89. The maximum atomic E-state index is 12.0. The molecule has 0 spiro atoms. The first-order valence-electron chi connectivity index (χ1n) is 11.9. The van der Waals surface area contributed by atoms with Gasteiger partial charge in [0.15, 0.2) is 5.58 Å². The highest BCUT2D eigenvalue weighted by atomic mass is 16.6. The summed E-state index contributed by atoms with van der Waals surface area (Å²) in [6.45, 7) is 7.26. The minimum atomic E-state index is 0.0612. The molecule has 4 aliphatic rings. The average molecular weight is 421 g/mol. The molecule has 1 aromatic carbocycles. The predicted octanol–water partition coefficient (Wildman–Crippen LogP) is 5.12. The van der Waals surface area contributed by atoms with Gasteiger partial charge in [0.25, 0.3) is 0 Å². The van der Waals surface area contributed by atoms with E-state index in [0.717, 1.165) is 30.4 Å². The molecule has 3 aliphatic carbocycles. The van der Waals surface area contributed by atoms with Crippen LogP contribution in [0.3, 0.4) is 0 Å². The average Bonchev–Trinajstić information content (AvgIpc) is 3.28. The van der Waals surface area contributed by atoms with Crippen LogP contribution in [-0.2, 0) is 4.79 Å². The van der Waals surface area contributed by atoms with E-state index in [1.165, 1.54) is 12.8 Å². The third kappa shape index (κ3) is 2.88. The third-order valence-electron chi connectivity index (χ3n) is 9.33. The number of oxazole rings is 1. The molecule has 0 radical (unpaired) electrons. The minimum absolute atomic E-state index is 0.0612. The van der Waals surface area contributed by atoms with Gasteiger partial charge in [-0.3, -0.25) is 4.79 Å². The third-order valence-corrected chi connectivity index (χ3v) is 9.33. The van der Waals surface area contributed by atoms with Crippen molar-refractivity contribution in [3.63, 3.8) is 0 Å². The van der Waals surface area contributed by atoms with E-state index in [1.54, 1.807) is 6.08 Å². The molecular formula is C26H32N2O3. The smallest absolute Gasteiger partial charge is 0.394 e. The topological polar surface area (TPSA) is 64.4 Å². The Bertz CT molecular complexity index is 1030. The summed E-state index contributed by atoms with van der Waals surface area (Å²) in [6.07, 6.45) is 10.2. The van der Waals surface area contributed by atoms with Gasteiger partial charge < -0.3 is 14.5 Å². The Morgan fingerprint density at radius 1 is 1.19 bits per heavy atom. The fraction of sp³-hybridized carbons (Fsp3) is 0.615. The molecule has 1 N–H and O–H groups in total. The molecule has 1 aliphatic heterocycles. The SMILES string of the molecule is CC1CC2NC(=O)C=C[C@]2(C)[C@@H]2CC[C@]3(C)CC(Oc4nc5ccccc5o4)C[C@H]3[C@H]12. The Morgan fingerprint density at radius 3 is 2.87 bits per heavy atom. The Hall–Kier alpha value is -2.30. The van der Waals surface area contributed by atoms with Crippen LogP contribution in [-0.4, -0.2) is 23.0 Å². The number of carbonyl (C=O) groups excluding carboxylic acids is 1. The van der Waals surface area contributed by atoms with Gasteiger partial charge in [0.05, 0.1) is 0 Å². The largest absolute Gasteiger partial charge is 0.447 e. The van der Waals surface area contributed by atoms with E-state index in [1.807, 2.05) is 24.3 Å². The lowest BCUT2D eigenvalue weighted by Crippen LogP contribution is -2.61. The molecule has 0 bridgehead atoms. The minimum Gasteiger partial charge on any atom is -0.447 e. The van der Waals surface area contributed by atoms with Crippen LogP contribution in [0.25, 0.3) is 11.1 Å². The first-order chi connectivity index (χ1) is 14.9. The molecular weight excluding hydrogens is 388 g/mol. The number of aromatic nitrogens is 1. The van der Waals surface area contributed by atoms with Crippen molar-refractivity contribution in [1.29, 1.82) is 0 Å². The predicted molar refractivity (Wildman–Crippen MR) is 118 cm³/mol.